The summed E-state index contributed by atoms with van der Waals surface area (Å²) in [5, 5.41) is 0. The Balaban J connectivity index is 2.92. The Bertz CT molecular complexity index is 207. The molecule has 3 nitrogen and oxygen atoms in total. The van der Waals surface area contributed by atoms with Gasteiger partial charge in [-0.15, -0.1) is 0 Å². The lowest BCUT2D eigenvalue weighted by molar-refractivity contribution is 0.0296. The summed E-state index contributed by atoms with van der Waals surface area (Å²) >= 11 is 0. The molecule has 22 heavy (non-hydrogen) atoms. The molecule has 0 spiro atoms. The molecule has 0 rings (SSSR count). The van der Waals surface area contributed by atoms with Crippen LogP contribution in [0.2, 0.25) is 0 Å². The van der Waals surface area contributed by atoms with Crippen LogP contribution in [0.5, 0.6) is 0 Å². The minimum atomic E-state index is 0.572. The van der Waals surface area contributed by atoms with E-state index in [1.807, 2.05) is 0 Å². The van der Waals surface area contributed by atoms with Crippen LogP contribution in [-0.4, -0.2) is 33.0 Å². The molecule has 0 aromatic carbocycles. The number of rotatable bonds is 19. The average Bonchev–Trinajstić information content (AvgIpc) is 2.54. The summed E-state index contributed by atoms with van der Waals surface area (Å²) in [5.41, 5.74) is 0. The zero-order valence-corrected chi connectivity index (χ0v) is 14.8. The highest BCUT2D eigenvalue weighted by Gasteiger charge is 1.94. The highest BCUT2D eigenvalue weighted by Crippen LogP contribution is 2.11. The van der Waals surface area contributed by atoms with E-state index in [1.54, 1.807) is 0 Å². The summed E-state index contributed by atoms with van der Waals surface area (Å²) < 4.78 is 15.8. The second-order valence-corrected chi connectivity index (χ2v) is 5.80. The zero-order valence-electron chi connectivity index (χ0n) is 14.8. The fraction of sp³-hybridized carbons (Fsp3) is 0.895. The maximum atomic E-state index is 5.54. The molecule has 0 heterocycles. The minimum Gasteiger partial charge on any atom is -0.499 e. The molecule has 0 aliphatic rings. The molecule has 0 aliphatic carbocycles. The van der Waals surface area contributed by atoms with Crippen LogP contribution in [0.1, 0.15) is 77.6 Å². The summed E-state index contributed by atoms with van der Waals surface area (Å²) in [5.74, 6) is 0. The molecule has 0 fully saturated rings. The predicted octanol–water partition coefficient (Wildman–Crippen LogP) is 5.49. The van der Waals surface area contributed by atoms with E-state index >= 15 is 0 Å². The van der Waals surface area contributed by atoms with Crippen molar-refractivity contribution in [3.8, 4) is 0 Å². The van der Waals surface area contributed by atoms with Crippen molar-refractivity contribution in [2.45, 2.75) is 77.6 Å². The van der Waals surface area contributed by atoms with Gasteiger partial charge in [-0.05, 0) is 6.42 Å². The Labute approximate surface area is 138 Å². The number of unbranched alkanes of at least 4 members (excludes halogenated alkanes) is 10. The van der Waals surface area contributed by atoms with Gasteiger partial charge in [-0.2, -0.15) is 0 Å². The molecule has 0 aromatic heterocycles. The predicted molar refractivity (Wildman–Crippen MR) is 94.2 cm³/mol. The fourth-order valence-corrected chi connectivity index (χ4v) is 2.38. The van der Waals surface area contributed by atoms with E-state index in [1.165, 1.54) is 76.9 Å². The SMILES string of the molecule is C=COCCOCCOCCCCCCCCCCCCC. The molecule has 0 aliphatic heterocycles. The highest BCUT2D eigenvalue weighted by molar-refractivity contribution is 4.49. The Morgan fingerprint density at radius 1 is 0.591 bits per heavy atom. The van der Waals surface area contributed by atoms with Crippen molar-refractivity contribution >= 4 is 0 Å². The first kappa shape index (κ1) is 21.5. The third kappa shape index (κ3) is 19.5. The lowest BCUT2D eigenvalue weighted by Gasteiger charge is -2.06. The van der Waals surface area contributed by atoms with E-state index in [0.29, 0.717) is 26.4 Å². The van der Waals surface area contributed by atoms with Gasteiger partial charge in [0.15, 0.2) is 0 Å². The molecule has 0 atom stereocenters. The van der Waals surface area contributed by atoms with Gasteiger partial charge in [0, 0.05) is 6.61 Å². The molecule has 0 unspecified atom stereocenters. The monoisotopic (exact) mass is 314 g/mol. The molecular formula is C19H38O3. The summed E-state index contributed by atoms with van der Waals surface area (Å²) in [6, 6.07) is 0. The van der Waals surface area contributed by atoms with E-state index in [0.717, 1.165) is 6.61 Å². The fourth-order valence-electron chi connectivity index (χ4n) is 2.38. The van der Waals surface area contributed by atoms with Gasteiger partial charge in [-0.1, -0.05) is 77.7 Å². The Morgan fingerprint density at radius 2 is 1.05 bits per heavy atom. The van der Waals surface area contributed by atoms with Gasteiger partial charge >= 0.3 is 0 Å². The highest BCUT2D eigenvalue weighted by atomic mass is 16.5. The lowest BCUT2D eigenvalue weighted by Crippen LogP contribution is -2.08. The van der Waals surface area contributed by atoms with Gasteiger partial charge < -0.3 is 14.2 Å². The molecular weight excluding hydrogens is 276 g/mol. The average molecular weight is 315 g/mol. The van der Waals surface area contributed by atoms with E-state index in [-0.39, 0.29) is 0 Å². The number of ether oxygens (including phenoxy) is 3. The minimum absolute atomic E-state index is 0.572. The third-order valence-corrected chi connectivity index (χ3v) is 3.73. The molecule has 0 amide bonds. The van der Waals surface area contributed by atoms with Crippen LogP contribution < -0.4 is 0 Å². The second kappa shape index (κ2) is 20.5. The van der Waals surface area contributed by atoms with Crippen molar-refractivity contribution in [2.75, 3.05) is 33.0 Å². The van der Waals surface area contributed by atoms with Gasteiger partial charge in [0.25, 0.3) is 0 Å². The van der Waals surface area contributed by atoms with Gasteiger partial charge in [0.1, 0.15) is 6.61 Å². The van der Waals surface area contributed by atoms with Crippen LogP contribution >= 0.6 is 0 Å². The molecule has 0 saturated carbocycles. The van der Waals surface area contributed by atoms with Crippen molar-refractivity contribution in [2.24, 2.45) is 0 Å². The summed E-state index contributed by atoms with van der Waals surface area (Å²) in [4.78, 5) is 0. The van der Waals surface area contributed by atoms with Crippen molar-refractivity contribution in [3.05, 3.63) is 12.8 Å². The largest absolute Gasteiger partial charge is 0.499 e. The summed E-state index contributed by atoms with van der Waals surface area (Å²) in [6.45, 7) is 9.12. The normalized spacial score (nSPS) is 10.8. The quantitative estimate of drug-likeness (QED) is 0.233. The van der Waals surface area contributed by atoms with Crippen LogP contribution in [0.25, 0.3) is 0 Å². The Hall–Kier alpha value is -0.540. The van der Waals surface area contributed by atoms with Crippen molar-refractivity contribution < 1.29 is 14.2 Å². The topological polar surface area (TPSA) is 27.7 Å². The van der Waals surface area contributed by atoms with E-state index in [2.05, 4.69) is 13.5 Å². The van der Waals surface area contributed by atoms with E-state index < -0.39 is 0 Å². The standard InChI is InChI=1S/C19H38O3/c1-3-5-6-7-8-9-10-11-12-13-14-15-21-18-19-22-17-16-20-4-2/h4H,2-3,5-19H2,1H3. The maximum Gasteiger partial charge on any atom is 0.111 e. The Kier molecular flexibility index (Phi) is 20.0. The van der Waals surface area contributed by atoms with Gasteiger partial charge in [-0.25, -0.2) is 0 Å². The van der Waals surface area contributed by atoms with Crippen molar-refractivity contribution in [3.63, 3.8) is 0 Å². The smallest absolute Gasteiger partial charge is 0.111 e. The van der Waals surface area contributed by atoms with Crippen LogP contribution in [0, 0.1) is 0 Å². The molecule has 0 saturated heterocycles. The molecule has 0 radical (unpaired) electrons. The summed E-state index contributed by atoms with van der Waals surface area (Å²) in [6.07, 6.45) is 16.5. The Morgan fingerprint density at radius 3 is 1.59 bits per heavy atom. The van der Waals surface area contributed by atoms with Gasteiger partial charge in [-0.3, -0.25) is 0 Å². The van der Waals surface area contributed by atoms with Gasteiger partial charge in [0.05, 0.1) is 26.1 Å². The summed E-state index contributed by atoms with van der Waals surface area (Å²) in [7, 11) is 0. The first-order chi connectivity index (χ1) is 10.9. The van der Waals surface area contributed by atoms with Gasteiger partial charge in [0.2, 0.25) is 0 Å². The van der Waals surface area contributed by atoms with Crippen molar-refractivity contribution in [1.82, 2.24) is 0 Å². The van der Waals surface area contributed by atoms with E-state index in [4.69, 9.17) is 14.2 Å². The molecule has 132 valence electrons. The lowest BCUT2D eigenvalue weighted by atomic mass is 10.1. The zero-order chi connectivity index (χ0) is 16.1. The van der Waals surface area contributed by atoms with Crippen LogP contribution in [0.15, 0.2) is 12.8 Å². The number of hydrogen-bond donors (Lipinski definition) is 0. The van der Waals surface area contributed by atoms with Crippen LogP contribution in [0.4, 0.5) is 0 Å². The second-order valence-electron chi connectivity index (χ2n) is 5.80. The molecule has 0 bridgehead atoms. The maximum absolute atomic E-state index is 5.54. The first-order valence-corrected chi connectivity index (χ1v) is 9.29. The molecule has 0 N–H and O–H groups in total. The van der Waals surface area contributed by atoms with E-state index in [9.17, 15) is 0 Å². The van der Waals surface area contributed by atoms with Crippen LogP contribution in [-0.2, 0) is 14.2 Å². The molecule has 0 aromatic rings. The van der Waals surface area contributed by atoms with Crippen molar-refractivity contribution in [1.29, 1.82) is 0 Å². The van der Waals surface area contributed by atoms with Crippen LogP contribution in [0.3, 0.4) is 0 Å². The molecule has 3 heteroatoms. The first-order valence-electron chi connectivity index (χ1n) is 9.29. The number of hydrogen-bond acceptors (Lipinski definition) is 3. The third-order valence-electron chi connectivity index (χ3n) is 3.73.